The summed E-state index contributed by atoms with van der Waals surface area (Å²) < 4.78 is 0. The number of aliphatic hydroxyl groups is 1. The lowest BCUT2D eigenvalue weighted by Gasteiger charge is -2.25. The minimum atomic E-state index is 0.151. The van der Waals surface area contributed by atoms with Crippen molar-refractivity contribution in [2.24, 2.45) is 5.92 Å². The second kappa shape index (κ2) is 6.01. The molecule has 3 heteroatoms. The van der Waals surface area contributed by atoms with Crippen molar-refractivity contribution in [2.45, 2.75) is 32.2 Å². The summed E-state index contributed by atoms with van der Waals surface area (Å²) in [6.07, 6.45) is 2.38. The Morgan fingerprint density at radius 2 is 2.11 bits per heavy atom. The molecule has 0 unspecified atom stereocenters. The van der Waals surface area contributed by atoms with E-state index in [4.69, 9.17) is 5.11 Å². The fourth-order valence-corrected chi connectivity index (χ4v) is 2.67. The fraction of sp³-hybridized carbons (Fsp3) is 0.533. The quantitative estimate of drug-likeness (QED) is 0.867. The Kier molecular flexibility index (Phi) is 4.37. The second-order valence-electron chi connectivity index (χ2n) is 5.07. The highest BCUT2D eigenvalue weighted by atomic mass is 16.2. The molecule has 1 aromatic carbocycles. The number of carbonyl (C=O) groups excluding carboxylic acids is 1. The number of amides is 1. The van der Waals surface area contributed by atoms with E-state index in [1.807, 2.05) is 23.1 Å². The van der Waals surface area contributed by atoms with Gasteiger partial charge in [-0.15, -0.1) is 0 Å². The first-order chi connectivity index (χ1) is 8.72. The van der Waals surface area contributed by atoms with Gasteiger partial charge in [0.25, 0.3) is 0 Å². The molecule has 2 atom stereocenters. The zero-order valence-electron chi connectivity index (χ0n) is 10.9. The molecule has 0 radical (unpaired) electrons. The number of rotatable bonds is 5. The maximum Gasteiger partial charge on any atom is 0.223 e. The van der Waals surface area contributed by atoms with Crippen molar-refractivity contribution in [3.05, 3.63) is 35.9 Å². The topological polar surface area (TPSA) is 40.5 Å². The molecule has 1 saturated heterocycles. The first kappa shape index (κ1) is 13.1. The normalized spacial score (nSPS) is 21.3. The van der Waals surface area contributed by atoms with Crippen LogP contribution >= 0.6 is 0 Å². The molecule has 0 bridgehead atoms. The monoisotopic (exact) mass is 247 g/mol. The SMILES string of the molecule is C[C@H](c1ccccc1)N1C[C@@H](CCCO)CC1=O. The highest BCUT2D eigenvalue weighted by molar-refractivity contribution is 5.79. The summed E-state index contributed by atoms with van der Waals surface area (Å²) >= 11 is 0. The summed E-state index contributed by atoms with van der Waals surface area (Å²) in [5.41, 5.74) is 1.19. The van der Waals surface area contributed by atoms with Crippen LogP contribution in [-0.2, 0) is 4.79 Å². The van der Waals surface area contributed by atoms with E-state index < -0.39 is 0 Å². The predicted octanol–water partition coefficient (Wildman–Crippen LogP) is 2.37. The van der Waals surface area contributed by atoms with Crippen molar-refractivity contribution in [3.63, 3.8) is 0 Å². The first-order valence-corrected chi connectivity index (χ1v) is 6.67. The van der Waals surface area contributed by atoms with Crippen LogP contribution in [0.4, 0.5) is 0 Å². The van der Waals surface area contributed by atoms with Crippen molar-refractivity contribution in [1.82, 2.24) is 4.90 Å². The third-order valence-corrected chi connectivity index (χ3v) is 3.76. The summed E-state index contributed by atoms with van der Waals surface area (Å²) in [6, 6.07) is 10.3. The zero-order chi connectivity index (χ0) is 13.0. The standard InChI is InChI=1S/C15H21NO2/c1-12(14-7-3-2-4-8-14)16-11-13(6-5-9-17)10-15(16)18/h2-4,7-8,12-13,17H,5-6,9-11H2,1H3/t12-,13+/m1/s1. The Hall–Kier alpha value is -1.35. The van der Waals surface area contributed by atoms with Crippen LogP contribution < -0.4 is 0 Å². The molecule has 0 aliphatic carbocycles. The highest BCUT2D eigenvalue weighted by Crippen LogP contribution is 2.30. The zero-order valence-corrected chi connectivity index (χ0v) is 10.9. The number of nitrogens with zero attached hydrogens (tertiary/aromatic N) is 1. The van der Waals surface area contributed by atoms with Crippen LogP contribution in [0.2, 0.25) is 0 Å². The summed E-state index contributed by atoms with van der Waals surface area (Å²) in [4.78, 5) is 14.0. The van der Waals surface area contributed by atoms with Crippen LogP contribution in [0, 0.1) is 5.92 Å². The molecule has 1 N–H and O–H groups in total. The summed E-state index contributed by atoms with van der Waals surface area (Å²) in [5.74, 6) is 0.658. The van der Waals surface area contributed by atoms with Crippen LogP contribution in [0.25, 0.3) is 0 Å². The van der Waals surface area contributed by atoms with Crippen molar-refractivity contribution in [3.8, 4) is 0 Å². The predicted molar refractivity (Wildman–Crippen MR) is 71.0 cm³/mol. The van der Waals surface area contributed by atoms with Crippen LogP contribution in [0.1, 0.15) is 37.8 Å². The lowest BCUT2D eigenvalue weighted by atomic mass is 10.0. The molecule has 1 aliphatic heterocycles. The summed E-state index contributed by atoms with van der Waals surface area (Å²) in [5, 5.41) is 8.85. The van der Waals surface area contributed by atoms with Crippen molar-refractivity contribution in [2.75, 3.05) is 13.2 Å². The summed E-state index contributed by atoms with van der Waals surface area (Å²) in [6.45, 7) is 3.13. The van der Waals surface area contributed by atoms with Crippen molar-refractivity contribution in [1.29, 1.82) is 0 Å². The van der Waals surface area contributed by atoms with Crippen LogP contribution in [0.3, 0.4) is 0 Å². The fourth-order valence-electron chi connectivity index (χ4n) is 2.67. The highest BCUT2D eigenvalue weighted by Gasteiger charge is 2.32. The first-order valence-electron chi connectivity index (χ1n) is 6.67. The summed E-state index contributed by atoms with van der Waals surface area (Å²) in [7, 11) is 0. The molecule has 18 heavy (non-hydrogen) atoms. The van der Waals surface area contributed by atoms with Crippen LogP contribution in [0.5, 0.6) is 0 Å². The van der Waals surface area contributed by atoms with E-state index in [1.165, 1.54) is 5.56 Å². The van der Waals surface area contributed by atoms with E-state index in [0.29, 0.717) is 12.3 Å². The van der Waals surface area contributed by atoms with Gasteiger partial charge in [-0.1, -0.05) is 30.3 Å². The van der Waals surface area contributed by atoms with Crippen LogP contribution in [0.15, 0.2) is 30.3 Å². The number of hydrogen-bond donors (Lipinski definition) is 1. The lowest BCUT2D eigenvalue weighted by Crippen LogP contribution is -2.28. The lowest BCUT2D eigenvalue weighted by molar-refractivity contribution is -0.129. The number of likely N-dealkylation sites (tertiary alicyclic amines) is 1. The van der Waals surface area contributed by atoms with Gasteiger partial charge in [0.2, 0.25) is 5.91 Å². The maximum absolute atomic E-state index is 12.0. The molecule has 1 heterocycles. The molecular weight excluding hydrogens is 226 g/mol. The smallest absolute Gasteiger partial charge is 0.223 e. The Balaban J connectivity index is 1.99. The molecule has 2 rings (SSSR count). The minimum Gasteiger partial charge on any atom is -0.396 e. The van der Waals surface area contributed by atoms with Gasteiger partial charge >= 0.3 is 0 Å². The van der Waals surface area contributed by atoms with E-state index in [-0.39, 0.29) is 18.6 Å². The van der Waals surface area contributed by atoms with Gasteiger partial charge in [-0.2, -0.15) is 0 Å². The van der Waals surface area contributed by atoms with E-state index in [1.54, 1.807) is 0 Å². The molecule has 98 valence electrons. The van der Waals surface area contributed by atoms with Crippen molar-refractivity contribution < 1.29 is 9.90 Å². The van der Waals surface area contributed by atoms with Crippen molar-refractivity contribution >= 4 is 5.91 Å². The molecule has 1 aliphatic rings. The third kappa shape index (κ3) is 2.91. The molecule has 0 spiro atoms. The molecule has 1 amide bonds. The van der Waals surface area contributed by atoms with Crippen LogP contribution in [-0.4, -0.2) is 29.1 Å². The number of hydrogen-bond acceptors (Lipinski definition) is 2. The second-order valence-corrected chi connectivity index (χ2v) is 5.07. The molecular formula is C15H21NO2. The third-order valence-electron chi connectivity index (χ3n) is 3.76. The van der Waals surface area contributed by atoms with Gasteiger partial charge in [-0.05, 0) is 31.2 Å². The van der Waals surface area contributed by atoms with Gasteiger partial charge in [0.1, 0.15) is 0 Å². The largest absolute Gasteiger partial charge is 0.396 e. The molecule has 0 aromatic heterocycles. The molecule has 0 saturated carbocycles. The Labute approximate surface area is 108 Å². The van der Waals surface area contributed by atoms with Gasteiger partial charge in [-0.3, -0.25) is 4.79 Å². The number of aliphatic hydroxyl groups excluding tert-OH is 1. The van der Waals surface area contributed by atoms with E-state index in [0.717, 1.165) is 19.4 Å². The van der Waals surface area contributed by atoms with E-state index in [9.17, 15) is 4.79 Å². The molecule has 1 fully saturated rings. The number of benzene rings is 1. The maximum atomic E-state index is 12.0. The van der Waals surface area contributed by atoms with E-state index in [2.05, 4.69) is 19.1 Å². The molecule has 1 aromatic rings. The average Bonchev–Trinajstić information content (AvgIpc) is 2.78. The minimum absolute atomic E-state index is 0.151. The van der Waals surface area contributed by atoms with Gasteiger partial charge in [0.15, 0.2) is 0 Å². The number of carbonyl (C=O) groups is 1. The Bertz CT molecular complexity index is 391. The van der Waals surface area contributed by atoms with Gasteiger partial charge in [0, 0.05) is 19.6 Å². The Morgan fingerprint density at radius 1 is 1.39 bits per heavy atom. The van der Waals surface area contributed by atoms with Gasteiger partial charge < -0.3 is 10.0 Å². The molecule has 3 nitrogen and oxygen atoms in total. The Morgan fingerprint density at radius 3 is 2.78 bits per heavy atom. The van der Waals surface area contributed by atoms with E-state index >= 15 is 0 Å². The van der Waals surface area contributed by atoms with Gasteiger partial charge in [0.05, 0.1) is 6.04 Å². The van der Waals surface area contributed by atoms with Gasteiger partial charge in [-0.25, -0.2) is 0 Å². The average molecular weight is 247 g/mol.